The Morgan fingerprint density at radius 1 is 0.286 bits per heavy atom. The summed E-state index contributed by atoms with van der Waals surface area (Å²) in [5, 5.41) is 0. The van der Waals surface area contributed by atoms with Crippen LogP contribution >= 0.6 is 0 Å². The highest BCUT2D eigenvalue weighted by atomic mass is 16.6. The zero-order valence-electron chi connectivity index (χ0n) is 47.1. The number of hydrogen-bond donors (Lipinski definition) is 0. The van der Waals surface area contributed by atoms with Crippen LogP contribution in [-0.4, -0.2) is 37.2 Å². The number of rotatable bonds is 57. The standard InChI is InChI=1S/C64H118O6/c1-4-7-10-13-16-19-22-25-28-30-31-32-33-35-36-39-42-45-48-51-54-57-63(66)69-60-61(59-68-62(65)56-53-50-47-44-41-38-27-24-21-18-15-12-9-6-3)70-64(67)58-55-52-49-46-43-40-37-34-29-26-23-20-17-14-11-8-5-2/h15,18,24,26-27,29,61H,4-14,16-17,19-23,25,28,30-60H2,1-3H3/b18-15-,27-24-,29-26-. The van der Waals surface area contributed by atoms with Gasteiger partial charge in [-0.3, -0.25) is 14.4 Å². The minimum atomic E-state index is -0.778. The minimum absolute atomic E-state index is 0.0745. The molecule has 0 aliphatic carbocycles. The Hall–Kier alpha value is -2.37. The molecule has 0 saturated heterocycles. The van der Waals surface area contributed by atoms with Crippen LogP contribution in [0.1, 0.15) is 335 Å². The van der Waals surface area contributed by atoms with Gasteiger partial charge in [0.05, 0.1) is 0 Å². The van der Waals surface area contributed by atoms with Crippen LogP contribution in [0.15, 0.2) is 36.5 Å². The van der Waals surface area contributed by atoms with Gasteiger partial charge in [-0.25, -0.2) is 0 Å². The maximum absolute atomic E-state index is 12.9. The van der Waals surface area contributed by atoms with Gasteiger partial charge >= 0.3 is 17.9 Å². The molecule has 0 radical (unpaired) electrons. The quantitative estimate of drug-likeness (QED) is 0.0261. The van der Waals surface area contributed by atoms with E-state index in [9.17, 15) is 14.4 Å². The SMILES string of the molecule is CCCC/C=C\C/C=C\CCCCCCCC(=O)OCC(COC(=O)CCCCCCCCCCCCCCCCCCCCCCC)OC(=O)CCCCCCCCC/C=C\CCCCCCCC. The van der Waals surface area contributed by atoms with Crippen molar-refractivity contribution < 1.29 is 28.6 Å². The molecule has 6 heteroatoms. The third kappa shape index (κ3) is 56.5. The summed E-state index contributed by atoms with van der Waals surface area (Å²) < 4.78 is 16.9. The molecule has 0 heterocycles. The largest absolute Gasteiger partial charge is 0.462 e. The van der Waals surface area contributed by atoms with Crippen molar-refractivity contribution in [2.24, 2.45) is 0 Å². The van der Waals surface area contributed by atoms with Crippen molar-refractivity contribution in [2.75, 3.05) is 13.2 Å². The molecule has 0 aromatic heterocycles. The van der Waals surface area contributed by atoms with Gasteiger partial charge in [0.2, 0.25) is 0 Å². The summed E-state index contributed by atoms with van der Waals surface area (Å²) in [7, 11) is 0. The fourth-order valence-corrected chi connectivity index (χ4v) is 9.16. The number of unbranched alkanes of at least 4 members (excludes halogenated alkanes) is 40. The molecule has 1 unspecified atom stereocenters. The molecule has 0 N–H and O–H groups in total. The molecular weight excluding hydrogens is 865 g/mol. The summed E-state index contributed by atoms with van der Waals surface area (Å²) >= 11 is 0. The normalized spacial score (nSPS) is 12.2. The summed E-state index contributed by atoms with van der Waals surface area (Å²) in [4.78, 5) is 38.2. The van der Waals surface area contributed by atoms with E-state index in [1.54, 1.807) is 0 Å². The van der Waals surface area contributed by atoms with Crippen LogP contribution < -0.4 is 0 Å². The van der Waals surface area contributed by atoms with E-state index >= 15 is 0 Å². The van der Waals surface area contributed by atoms with Crippen LogP contribution in [0.2, 0.25) is 0 Å². The number of ether oxygens (including phenoxy) is 3. The Balaban J connectivity index is 4.31. The Bertz CT molecular complexity index is 1170. The molecule has 0 aromatic carbocycles. The highest BCUT2D eigenvalue weighted by Crippen LogP contribution is 2.17. The minimum Gasteiger partial charge on any atom is -0.462 e. The molecule has 0 spiro atoms. The molecule has 0 aromatic rings. The topological polar surface area (TPSA) is 78.9 Å². The van der Waals surface area contributed by atoms with Gasteiger partial charge in [-0.1, -0.05) is 282 Å². The van der Waals surface area contributed by atoms with E-state index in [1.165, 1.54) is 218 Å². The molecule has 0 saturated carbocycles. The van der Waals surface area contributed by atoms with E-state index in [-0.39, 0.29) is 31.1 Å². The van der Waals surface area contributed by atoms with E-state index in [2.05, 4.69) is 57.2 Å². The predicted molar refractivity (Wildman–Crippen MR) is 302 cm³/mol. The summed E-state index contributed by atoms with van der Waals surface area (Å²) in [6.45, 7) is 6.63. The van der Waals surface area contributed by atoms with Gasteiger partial charge in [-0.2, -0.15) is 0 Å². The van der Waals surface area contributed by atoms with Crippen molar-refractivity contribution in [2.45, 2.75) is 341 Å². The van der Waals surface area contributed by atoms with E-state index < -0.39 is 6.10 Å². The first-order valence-electron chi connectivity index (χ1n) is 31.0. The van der Waals surface area contributed by atoms with Crippen LogP contribution in [0, 0.1) is 0 Å². The molecule has 0 amide bonds. The Kier molecular flexibility index (Phi) is 57.2. The molecule has 70 heavy (non-hydrogen) atoms. The van der Waals surface area contributed by atoms with Crippen molar-refractivity contribution in [3.8, 4) is 0 Å². The van der Waals surface area contributed by atoms with Crippen LogP contribution in [0.3, 0.4) is 0 Å². The number of carbonyl (C=O) groups is 3. The molecule has 0 bridgehead atoms. The lowest BCUT2D eigenvalue weighted by Crippen LogP contribution is -2.30. The Labute approximate surface area is 435 Å². The third-order valence-corrected chi connectivity index (χ3v) is 13.9. The van der Waals surface area contributed by atoms with E-state index in [0.717, 1.165) is 77.0 Å². The second-order valence-corrected chi connectivity index (χ2v) is 21.0. The molecule has 0 rings (SSSR count). The van der Waals surface area contributed by atoms with Crippen LogP contribution in [0.25, 0.3) is 0 Å². The Morgan fingerprint density at radius 2 is 0.529 bits per heavy atom. The number of carbonyl (C=O) groups excluding carboxylic acids is 3. The first kappa shape index (κ1) is 67.6. The van der Waals surface area contributed by atoms with Gasteiger partial charge in [0.1, 0.15) is 13.2 Å². The van der Waals surface area contributed by atoms with Gasteiger partial charge in [-0.05, 0) is 70.6 Å². The molecule has 1 atom stereocenters. The van der Waals surface area contributed by atoms with Crippen molar-refractivity contribution in [3.05, 3.63) is 36.5 Å². The lowest BCUT2D eigenvalue weighted by molar-refractivity contribution is -0.167. The second-order valence-electron chi connectivity index (χ2n) is 21.0. The van der Waals surface area contributed by atoms with Crippen LogP contribution in [0.4, 0.5) is 0 Å². The highest BCUT2D eigenvalue weighted by Gasteiger charge is 2.19. The molecule has 0 aliphatic rings. The van der Waals surface area contributed by atoms with E-state index in [1.807, 2.05) is 0 Å². The van der Waals surface area contributed by atoms with Gasteiger partial charge < -0.3 is 14.2 Å². The molecular formula is C64H118O6. The van der Waals surface area contributed by atoms with E-state index in [0.29, 0.717) is 19.3 Å². The highest BCUT2D eigenvalue weighted by molar-refractivity contribution is 5.71. The maximum atomic E-state index is 12.9. The van der Waals surface area contributed by atoms with Crippen LogP contribution in [-0.2, 0) is 28.6 Å². The summed E-state index contributed by atoms with van der Waals surface area (Å²) in [5.74, 6) is -0.873. The average Bonchev–Trinajstić information content (AvgIpc) is 3.36. The van der Waals surface area contributed by atoms with E-state index in [4.69, 9.17) is 14.2 Å². The fraction of sp³-hybridized carbons (Fsp3) is 0.859. The van der Waals surface area contributed by atoms with Gasteiger partial charge in [0, 0.05) is 19.3 Å². The smallest absolute Gasteiger partial charge is 0.306 e. The van der Waals surface area contributed by atoms with Gasteiger partial charge in [0.15, 0.2) is 6.10 Å². The first-order chi connectivity index (χ1) is 34.5. The molecule has 0 aliphatic heterocycles. The number of allylic oxidation sites excluding steroid dienone is 6. The monoisotopic (exact) mass is 983 g/mol. The zero-order valence-corrected chi connectivity index (χ0v) is 47.1. The summed E-state index contributed by atoms with van der Waals surface area (Å²) in [6.07, 6.45) is 71.4. The maximum Gasteiger partial charge on any atom is 0.306 e. The fourth-order valence-electron chi connectivity index (χ4n) is 9.16. The number of hydrogen-bond acceptors (Lipinski definition) is 6. The summed E-state index contributed by atoms with van der Waals surface area (Å²) in [5.41, 5.74) is 0. The lowest BCUT2D eigenvalue weighted by Gasteiger charge is -2.18. The predicted octanol–water partition coefficient (Wildman–Crippen LogP) is 20.8. The first-order valence-corrected chi connectivity index (χ1v) is 31.0. The molecule has 0 fully saturated rings. The van der Waals surface area contributed by atoms with Crippen molar-refractivity contribution in [3.63, 3.8) is 0 Å². The zero-order chi connectivity index (χ0) is 50.7. The summed E-state index contributed by atoms with van der Waals surface area (Å²) in [6, 6.07) is 0. The van der Waals surface area contributed by atoms with Crippen LogP contribution in [0.5, 0.6) is 0 Å². The van der Waals surface area contributed by atoms with Gasteiger partial charge in [0.25, 0.3) is 0 Å². The lowest BCUT2D eigenvalue weighted by atomic mass is 10.0. The second kappa shape index (κ2) is 59.2. The van der Waals surface area contributed by atoms with Crippen molar-refractivity contribution in [1.82, 2.24) is 0 Å². The Morgan fingerprint density at radius 3 is 0.843 bits per heavy atom. The van der Waals surface area contributed by atoms with Crippen molar-refractivity contribution >= 4 is 17.9 Å². The molecule has 410 valence electrons. The number of esters is 3. The average molecular weight is 984 g/mol. The van der Waals surface area contributed by atoms with Crippen molar-refractivity contribution in [1.29, 1.82) is 0 Å². The van der Waals surface area contributed by atoms with Gasteiger partial charge in [-0.15, -0.1) is 0 Å². The third-order valence-electron chi connectivity index (χ3n) is 13.9. The molecule has 6 nitrogen and oxygen atoms in total.